The number of aryl methyl sites for hydroxylation is 1. The largest absolute Gasteiger partial charge is 0.215 e. The predicted molar refractivity (Wildman–Crippen MR) is 70.6 cm³/mol. The normalized spacial score (nSPS) is 10.9. The molecule has 0 amide bonds. The molecule has 0 aromatic heterocycles. The molecule has 7 heteroatoms. The third-order valence-corrected chi connectivity index (χ3v) is 3.71. The van der Waals surface area contributed by atoms with Gasteiger partial charge in [0.1, 0.15) is 0 Å². The molecule has 0 unspecified atom stereocenters. The monoisotopic (exact) mass is 268 g/mol. The summed E-state index contributed by atoms with van der Waals surface area (Å²) < 4.78 is 25.7. The molecule has 0 aliphatic carbocycles. The first-order valence-electron chi connectivity index (χ1n) is 5.66. The van der Waals surface area contributed by atoms with Crippen molar-refractivity contribution in [1.29, 1.82) is 0 Å². The molecular weight excluding hydrogens is 252 g/mol. The molecule has 1 N–H and O–H groups in total. The fourth-order valence-corrected chi connectivity index (χ4v) is 2.50. The number of nitrogens with zero attached hydrogens (tertiary/aromatic N) is 3. The lowest BCUT2D eigenvalue weighted by molar-refractivity contribution is 0.579. The van der Waals surface area contributed by atoms with Crippen LogP contribution in [0.25, 0.3) is 10.4 Å². The number of nitrogens with one attached hydrogen (secondary N) is 1. The minimum absolute atomic E-state index is 0.0680. The van der Waals surface area contributed by atoms with Crippen molar-refractivity contribution >= 4 is 10.0 Å². The zero-order valence-corrected chi connectivity index (χ0v) is 10.8. The van der Waals surface area contributed by atoms with Crippen LogP contribution >= 0.6 is 0 Å². The van der Waals surface area contributed by atoms with Crippen LogP contribution in [-0.2, 0) is 16.4 Å². The molecule has 1 rings (SSSR count). The minimum atomic E-state index is -3.25. The Morgan fingerprint density at radius 3 is 2.67 bits per heavy atom. The van der Waals surface area contributed by atoms with Gasteiger partial charge in [-0.2, -0.15) is 0 Å². The molecule has 0 aliphatic rings. The van der Waals surface area contributed by atoms with Crippen LogP contribution in [0.3, 0.4) is 0 Å². The SMILES string of the molecule is [N-]=[N+]=NCCCNS(=O)(=O)CCc1ccccc1. The molecule has 0 bridgehead atoms. The van der Waals surface area contributed by atoms with Gasteiger partial charge in [-0.1, -0.05) is 35.4 Å². The Bertz CT molecular complexity index is 495. The van der Waals surface area contributed by atoms with Crippen molar-refractivity contribution in [1.82, 2.24) is 4.72 Å². The van der Waals surface area contributed by atoms with Crippen LogP contribution < -0.4 is 4.72 Å². The summed E-state index contributed by atoms with van der Waals surface area (Å²) in [5, 5.41) is 3.33. The van der Waals surface area contributed by atoms with E-state index in [1.165, 1.54) is 0 Å². The molecule has 0 fully saturated rings. The zero-order chi connectivity index (χ0) is 13.3. The van der Waals surface area contributed by atoms with Crippen molar-refractivity contribution < 1.29 is 8.42 Å². The molecule has 0 atom stereocenters. The first-order chi connectivity index (χ1) is 8.64. The van der Waals surface area contributed by atoms with Crippen molar-refractivity contribution in [2.24, 2.45) is 5.11 Å². The Labute approximate surface area is 107 Å². The number of benzene rings is 1. The van der Waals surface area contributed by atoms with Gasteiger partial charge < -0.3 is 0 Å². The molecule has 6 nitrogen and oxygen atoms in total. The maximum absolute atomic E-state index is 11.6. The molecule has 1 aromatic carbocycles. The van der Waals surface area contributed by atoms with Crippen molar-refractivity contribution in [3.8, 4) is 0 Å². The summed E-state index contributed by atoms with van der Waals surface area (Å²) in [5.74, 6) is 0.0680. The summed E-state index contributed by atoms with van der Waals surface area (Å²) >= 11 is 0. The summed E-state index contributed by atoms with van der Waals surface area (Å²) in [6.45, 7) is 0.605. The van der Waals surface area contributed by atoms with Crippen molar-refractivity contribution in [2.45, 2.75) is 12.8 Å². The van der Waals surface area contributed by atoms with Crippen LogP contribution in [0.4, 0.5) is 0 Å². The summed E-state index contributed by atoms with van der Waals surface area (Å²) in [6.07, 6.45) is 1.00. The average molecular weight is 268 g/mol. The van der Waals surface area contributed by atoms with Crippen LogP contribution in [0.2, 0.25) is 0 Å². The molecule has 0 saturated carbocycles. The maximum atomic E-state index is 11.6. The van der Waals surface area contributed by atoms with Crippen LogP contribution in [-0.4, -0.2) is 27.3 Å². The van der Waals surface area contributed by atoms with E-state index in [0.717, 1.165) is 5.56 Å². The summed E-state index contributed by atoms with van der Waals surface area (Å²) in [6, 6.07) is 9.46. The maximum Gasteiger partial charge on any atom is 0.211 e. The van der Waals surface area contributed by atoms with Gasteiger partial charge in [-0.3, -0.25) is 0 Å². The molecule has 0 saturated heterocycles. The van der Waals surface area contributed by atoms with E-state index in [2.05, 4.69) is 14.7 Å². The number of hydrogen-bond acceptors (Lipinski definition) is 3. The summed E-state index contributed by atoms with van der Waals surface area (Å²) in [4.78, 5) is 2.59. The van der Waals surface area contributed by atoms with Gasteiger partial charge in [0, 0.05) is 18.0 Å². The van der Waals surface area contributed by atoms with Crippen LogP contribution in [0.15, 0.2) is 35.4 Å². The molecule has 0 radical (unpaired) electrons. The van der Waals surface area contributed by atoms with Gasteiger partial charge in [0.15, 0.2) is 0 Å². The molecule has 18 heavy (non-hydrogen) atoms. The summed E-state index contributed by atoms with van der Waals surface area (Å²) in [5.41, 5.74) is 9.05. The van der Waals surface area contributed by atoms with E-state index in [-0.39, 0.29) is 5.75 Å². The predicted octanol–water partition coefficient (Wildman–Crippen LogP) is 1.85. The molecular formula is C11H16N4O2S. The van der Waals surface area contributed by atoms with E-state index >= 15 is 0 Å². The van der Waals surface area contributed by atoms with Crippen molar-refractivity contribution in [3.63, 3.8) is 0 Å². The van der Waals surface area contributed by atoms with E-state index in [4.69, 9.17) is 5.53 Å². The number of rotatable bonds is 8. The van der Waals surface area contributed by atoms with Gasteiger partial charge in [-0.25, -0.2) is 13.1 Å². The molecule has 98 valence electrons. The van der Waals surface area contributed by atoms with E-state index in [9.17, 15) is 8.42 Å². The zero-order valence-electron chi connectivity index (χ0n) is 9.99. The smallest absolute Gasteiger partial charge is 0.211 e. The van der Waals surface area contributed by atoms with E-state index in [1.807, 2.05) is 30.3 Å². The van der Waals surface area contributed by atoms with Gasteiger partial charge in [0.05, 0.1) is 5.75 Å². The fourth-order valence-electron chi connectivity index (χ4n) is 1.39. The number of hydrogen-bond donors (Lipinski definition) is 1. The second-order valence-corrected chi connectivity index (χ2v) is 5.68. The molecule has 0 spiro atoms. The number of sulfonamides is 1. The van der Waals surface area contributed by atoms with Gasteiger partial charge in [0.25, 0.3) is 0 Å². The molecule has 0 heterocycles. The van der Waals surface area contributed by atoms with E-state index in [1.54, 1.807) is 0 Å². The van der Waals surface area contributed by atoms with Gasteiger partial charge in [-0.15, -0.1) is 0 Å². The second kappa shape index (κ2) is 7.71. The topological polar surface area (TPSA) is 94.9 Å². The Morgan fingerprint density at radius 1 is 1.28 bits per heavy atom. The highest BCUT2D eigenvalue weighted by Crippen LogP contribution is 2.01. The first kappa shape index (κ1) is 14.5. The third kappa shape index (κ3) is 6.24. The first-order valence-corrected chi connectivity index (χ1v) is 7.31. The summed E-state index contributed by atoms with van der Waals surface area (Å²) in [7, 11) is -3.25. The van der Waals surface area contributed by atoms with Crippen LogP contribution in [0.5, 0.6) is 0 Å². The van der Waals surface area contributed by atoms with Gasteiger partial charge in [0.2, 0.25) is 10.0 Å². The Hall–Kier alpha value is -1.56. The average Bonchev–Trinajstić information content (AvgIpc) is 2.38. The quantitative estimate of drug-likeness (QED) is 0.337. The Morgan fingerprint density at radius 2 is 2.00 bits per heavy atom. The highest BCUT2D eigenvalue weighted by atomic mass is 32.2. The molecule has 0 aliphatic heterocycles. The lowest BCUT2D eigenvalue weighted by Gasteiger charge is -2.05. The highest BCUT2D eigenvalue weighted by Gasteiger charge is 2.09. The van der Waals surface area contributed by atoms with Crippen molar-refractivity contribution in [2.75, 3.05) is 18.8 Å². The Kier molecular flexibility index (Phi) is 6.21. The highest BCUT2D eigenvalue weighted by molar-refractivity contribution is 7.89. The van der Waals surface area contributed by atoms with E-state index in [0.29, 0.717) is 25.9 Å². The van der Waals surface area contributed by atoms with Crippen LogP contribution in [0, 0.1) is 0 Å². The van der Waals surface area contributed by atoms with Gasteiger partial charge in [-0.05, 0) is 23.9 Å². The van der Waals surface area contributed by atoms with E-state index < -0.39 is 10.0 Å². The van der Waals surface area contributed by atoms with Gasteiger partial charge >= 0.3 is 0 Å². The van der Waals surface area contributed by atoms with Crippen LogP contribution in [0.1, 0.15) is 12.0 Å². The minimum Gasteiger partial charge on any atom is -0.215 e. The lowest BCUT2D eigenvalue weighted by atomic mass is 10.2. The van der Waals surface area contributed by atoms with Crippen molar-refractivity contribution in [3.05, 3.63) is 46.3 Å². The molecule has 1 aromatic rings. The fraction of sp³-hybridized carbons (Fsp3) is 0.455. The second-order valence-electron chi connectivity index (χ2n) is 3.76. The Balaban J connectivity index is 2.29. The third-order valence-electron chi connectivity index (χ3n) is 2.32. The standard InChI is InChI=1S/C11H16N4O2S/c12-15-13-8-4-9-14-18(16,17)10-7-11-5-2-1-3-6-11/h1-3,5-6,14H,4,7-10H2. The number of azide groups is 1. The lowest BCUT2D eigenvalue weighted by Crippen LogP contribution is -2.28.